The van der Waals surface area contributed by atoms with Crippen LogP contribution in [0, 0.1) is 5.92 Å². The fourth-order valence-electron chi connectivity index (χ4n) is 3.36. The van der Waals surface area contributed by atoms with Crippen LogP contribution in [0.5, 0.6) is 0 Å². The Kier molecular flexibility index (Phi) is 7.30. The first-order valence-corrected chi connectivity index (χ1v) is 9.41. The maximum absolute atomic E-state index is 14.1. The normalized spacial score (nSPS) is 17.5. The second kappa shape index (κ2) is 8.90. The van der Waals surface area contributed by atoms with Gasteiger partial charge in [-0.3, -0.25) is 4.79 Å². The fraction of sp³-hybridized carbons (Fsp3) is 0.632. The number of carbonyl (C=O) groups excluding carboxylic acids is 1. The largest absolute Gasteiger partial charge is 0.392 e. The van der Waals surface area contributed by atoms with Crippen molar-refractivity contribution in [3.8, 4) is 0 Å². The summed E-state index contributed by atoms with van der Waals surface area (Å²) in [4.78, 5) is 11.9. The van der Waals surface area contributed by atoms with E-state index in [2.05, 4.69) is 0 Å². The molecule has 0 atom stereocenters. The van der Waals surface area contributed by atoms with E-state index in [0.29, 0.717) is 6.42 Å². The van der Waals surface area contributed by atoms with Crippen LogP contribution in [0.1, 0.15) is 18.4 Å². The smallest absolute Gasteiger partial charge is 0.337 e. The highest BCUT2D eigenvalue weighted by Gasteiger charge is 2.89. The number of halogens is 12. The molecule has 188 valence electrons. The number of carbonyl (C=O) groups is 1. The van der Waals surface area contributed by atoms with Gasteiger partial charge in [-0.15, -0.1) is 0 Å². The Labute approximate surface area is 179 Å². The minimum Gasteiger partial charge on any atom is -0.337 e. The molecule has 33 heavy (non-hydrogen) atoms. The molecule has 0 spiro atoms. The number of alkyl halides is 12. The zero-order valence-corrected chi connectivity index (χ0v) is 16.5. The molecule has 0 saturated carbocycles. The first-order valence-electron chi connectivity index (χ1n) is 9.41. The number of benzene rings is 1. The maximum atomic E-state index is 14.1. The average molecular weight is 503 g/mol. The lowest BCUT2D eigenvalue weighted by atomic mass is 9.89. The molecular formula is C19H17F12NO. The lowest BCUT2D eigenvalue weighted by Crippen LogP contribution is -2.71. The third kappa shape index (κ3) is 4.48. The molecule has 1 heterocycles. The third-order valence-corrected chi connectivity index (χ3v) is 5.41. The number of hydrogen-bond acceptors (Lipinski definition) is 1. The number of rotatable bonds is 8. The Bertz CT molecular complexity index is 819. The van der Waals surface area contributed by atoms with Crippen LogP contribution in [0.25, 0.3) is 0 Å². The quantitative estimate of drug-likeness (QED) is 0.404. The molecule has 1 aliphatic heterocycles. The van der Waals surface area contributed by atoms with E-state index in [9.17, 15) is 57.5 Å². The standard InChI is InChI=1S/C19H17F12NO/c20-13(21)15(22,23)17(26,27)19(30,31)18(28,29)16(24,25)14(33)32-8-6-12(7-9-32)10-11-4-2-1-3-5-11/h1-5,12-13H,6-10H2. The van der Waals surface area contributed by atoms with Crippen LogP contribution in [0.3, 0.4) is 0 Å². The van der Waals surface area contributed by atoms with Crippen LogP contribution < -0.4 is 0 Å². The molecule has 14 heteroatoms. The van der Waals surface area contributed by atoms with Gasteiger partial charge in [0.25, 0.3) is 5.91 Å². The molecule has 0 aromatic heterocycles. The van der Waals surface area contributed by atoms with E-state index in [0.717, 1.165) is 5.56 Å². The predicted molar refractivity (Wildman–Crippen MR) is 90.2 cm³/mol. The summed E-state index contributed by atoms with van der Waals surface area (Å²) < 4.78 is 159. The predicted octanol–water partition coefficient (Wildman–Crippen LogP) is 5.91. The highest BCUT2D eigenvalue weighted by Crippen LogP contribution is 2.58. The van der Waals surface area contributed by atoms with Crippen molar-refractivity contribution in [3.05, 3.63) is 35.9 Å². The van der Waals surface area contributed by atoms with Crippen molar-refractivity contribution in [3.63, 3.8) is 0 Å². The van der Waals surface area contributed by atoms with E-state index < -0.39 is 55.0 Å². The number of amides is 1. The second-order valence-corrected chi connectivity index (χ2v) is 7.65. The van der Waals surface area contributed by atoms with Gasteiger partial charge >= 0.3 is 36.0 Å². The SMILES string of the molecule is O=C(N1CCC(Cc2ccccc2)CC1)C(F)(F)C(F)(F)C(F)(F)C(F)(F)C(F)(F)C(F)F. The third-order valence-electron chi connectivity index (χ3n) is 5.41. The van der Waals surface area contributed by atoms with Crippen LogP contribution >= 0.6 is 0 Å². The van der Waals surface area contributed by atoms with Crippen molar-refractivity contribution in [1.82, 2.24) is 4.90 Å². The molecule has 0 unspecified atom stereocenters. The highest BCUT2D eigenvalue weighted by atomic mass is 19.4. The summed E-state index contributed by atoms with van der Waals surface area (Å²) in [6.07, 6.45) is -5.22. The van der Waals surface area contributed by atoms with E-state index in [1.165, 1.54) is 0 Å². The molecule has 1 aromatic rings. The van der Waals surface area contributed by atoms with E-state index in [-0.39, 0.29) is 23.7 Å². The Morgan fingerprint density at radius 1 is 0.818 bits per heavy atom. The zero-order valence-electron chi connectivity index (χ0n) is 16.5. The molecule has 2 rings (SSSR count). The number of hydrogen-bond donors (Lipinski definition) is 0. The van der Waals surface area contributed by atoms with Gasteiger partial charge in [0.05, 0.1) is 0 Å². The molecule has 0 N–H and O–H groups in total. The van der Waals surface area contributed by atoms with Crippen LogP contribution in [0.15, 0.2) is 30.3 Å². The van der Waals surface area contributed by atoms with Crippen LogP contribution in [-0.4, -0.2) is 59.9 Å². The summed E-state index contributed by atoms with van der Waals surface area (Å²) >= 11 is 0. The Hall–Kier alpha value is -2.15. The van der Waals surface area contributed by atoms with Gasteiger partial charge in [-0.25, -0.2) is 8.78 Å². The molecule has 2 nitrogen and oxygen atoms in total. The van der Waals surface area contributed by atoms with Crippen molar-refractivity contribution in [1.29, 1.82) is 0 Å². The minimum absolute atomic E-state index is 0.0227. The lowest BCUT2D eigenvalue weighted by Gasteiger charge is -2.40. The monoisotopic (exact) mass is 503 g/mol. The van der Waals surface area contributed by atoms with E-state index in [1.807, 2.05) is 0 Å². The molecule has 1 aromatic carbocycles. The zero-order chi connectivity index (χ0) is 25.5. The summed E-state index contributed by atoms with van der Waals surface area (Å²) in [7, 11) is 0. The second-order valence-electron chi connectivity index (χ2n) is 7.65. The van der Waals surface area contributed by atoms with E-state index in [4.69, 9.17) is 0 Å². The van der Waals surface area contributed by atoms with Crippen molar-refractivity contribution in [2.75, 3.05) is 13.1 Å². The van der Waals surface area contributed by atoms with Gasteiger partial charge in [0.15, 0.2) is 0 Å². The van der Waals surface area contributed by atoms with Gasteiger partial charge in [0.1, 0.15) is 0 Å². The fourth-order valence-corrected chi connectivity index (χ4v) is 3.36. The van der Waals surface area contributed by atoms with Gasteiger partial charge in [-0.2, -0.15) is 43.9 Å². The number of nitrogens with zero attached hydrogens (tertiary/aromatic N) is 1. The lowest BCUT2D eigenvalue weighted by molar-refractivity contribution is -0.407. The highest BCUT2D eigenvalue weighted by molar-refractivity contribution is 5.85. The molecule has 0 radical (unpaired) electrons. The van der Waals surface area contributed by atoms with Crippen LogP contribution in [0.2, 0.25) is 0 Å². The molecule has 1 amide bonds. The first kappa shape index (κ1) is 27.1. The van der Waals surface area contributed by atoms with Crippen molar-refractivity contribution in [2.45, 2.75) is 55.3 Å². The number of likely N-dealkylation sites (tertiary alicyclic amines) is 1. The molecule has 1 fully saturated rings. The maximum Gasteiger partial charge on any atom is 0.392 e. The first-order chi connectivity index (χ1) is 14.9. The molecular weight excluding hydrogens is 486 g/mol. The minimum atomic E-state index is -7.70. The topological polar surface area (TPSA) is 20.3 Å². The van der Waals surface area contributed by atoms with Gasteiger partial charge in [0.2, 0.25) is 0 Å². The van der Waals surface area contributed by atoms with E-state index in [1.54, 1.807) is 30.3 Å². The Morgan fingerprint density at radius 3 is 1.76 bits per heavy atom. The Morgan fingerprint density at radius 2 is 1.30 bits per heavy atom. The molecule has 0 bridgehead atoms. The molecule has 0 aliphatic carbocycles. The summed E-state index contributed by atoms with van der Waals surface area (Å²) in [5.74, 6) is -39.6. The number of piperidine rings is 1. The van der Waals surface area contributed by atoms with Crippen molar-refractivity contribution in [2.24, 2.45) is 5.92 Å². The van der Waals surface area contributed by atoms with Gasteiger partial charge < -0.3 is 4.90 Å². The summed E-state index contributed by atoms with van der Waals surface area (Å²) in [5.41, 5.74) is 0.834. The van der Waals surface area contributed by atoms with Crippen molar-refractivity contribution < 1.29 is 57.5 Å². The van der Waals surface area contributed by atoms with Crippen LogP contribution in [0.4, 0.5) is 52.7 Å². The summed E-state index contributed by atoms with van der Waals surface area (Å²) in [5, 5.41) is 0. The van der Waals surface area contributed by atoms with Gasteiger partial charge in [-0.1, -0.05) is 30.3 Å². The van der Waals surface area contributed by atoms with Crippen molar-refractivity contribution >= 4 is 5.91 Å². The summed E-state index contributed by atoms with van der Waals surface area (Å²) in [6.45, 7) is -1.26. The average Bonchev–Trinajstić information content (AvgIpc) is 2.73. The molecule has 1 aliphatic rings. The Balaban J connectivity index is 2.19. The van der Waals surface area contributed by atoms with Gasteiger partial charge in [0, 0.05) is 13.1 Å². The summed E-state index contributed by atoms with van der Waals surface area (Å²) in [6, 6.07) is 8.63. The van der Waals surface area contributed by atoms with E-state index >= 15 is 0 Å². The van der Waals surface area contributed by atoms with Crippen LogP contribution in [-0.2, 0) is 11.2 Å². The molecule has 1 saturated heterocycles. The van der Waals surface area contributed by atoms with Gasteiger partial charge in [-0.05, 0) is 30.7 Å².